The van der Waals surface area contributed by atoms with E-state index in [-0.39, 0.29) is 11.7 Å². The second-order valence-electron chi connectivity index (χ2n) is 7.02. The minimum absolute atomic E-state index is 0.161. The Labute approximate surface area is 188 Å². The molecule has 1 aliphatic heterocycles. The highest BCUT2D eigenvalue weighted by Crippen LogP contribution is 2.25. The average Bonchev–Trinajstić information content (AvgIpc) is 2.81. The Morgan fingerprint density at radius 1 is 1.10 bits per heavy atom. The summed E-state index contributed by atoms with van der Waals surface area (Å²) < 4.78 is 19.9. The van der Waals surface area contributed by atoms with E-state index < -0.39 is 5.82 Å². The first-order chi connectivity index (χ1) is 15.0. The molecule has 31 heavy (non-hydrogen) atoms. The highest BCUT2D eigenvalue weighted by molar-refractivity contribution is 9.10. The van der Waals surface area contributed by atoms with Gasteiger partial charge in [0.15, 0.2) is 0 Å². The number of nitrogens with one attached hydrogen (secondary N) is 1. The second-order valence-corrected chi connectivity index (χ2v) is 7.94. The summed E-state index contributed by atoms with van der Waals surface area (Å²) in [6.07, 6.45) is 1.54. The Balaban J connectivity index is 1.40. The highest BCUT2D eigenvalue weighted by Gasteiger charge is 2.23. The average molecular weight is 486 g/mol. The van der Waals surface area contributed by atoms with Crippen LogP contribution in [0.5, 0.6) is 5.75 Å². The minimum atomic E-state index is -0.479. The molecule has 1 aromatic heterocycles. The van der Waals surface area contributed by atoms with Crippen molar-refractivity contribution in [2.75, 3.05) is 43.5 Å². The lowest BCUT2D eigenvalue weighted by Crippen LogP contribution is -2.50. The van der Waals surface area contributed by atoms with Crippen LogP contribution in [0.25, 0.3) is 11.3 Å². The lowest BCUT2D eigenvalue weighted by molar-refractivity contribution is 0.208. The number of methoxy groups -OCH3 is 1. The van der Waals surface area contributed by atoms with Gasteiger partial charge in [0.05, 0.1) is 18.5 Å². The Kier molecular flexibility index (Phi) is 6.31. The van der Waals surface area contributed by atoms with Crippen LogP contribution in [0.1, 0.15) is 0 Å². The fourth-order valence-corrected chi connectivity index (χ4v) is 3.72. The van der Waals surface area contributed by atoms with Crippen LogP contribution in [0, 0.1) is 5.82 Å². The molecule has 0 radical (unpaired) electrons. The molecule has 1 aliphatic rings. The molecule has 0 aliphatic carbocycles. The van der Waals surface area contributed by atoms with Crippen LogP contribution in [0.4, 0.5) is 20.7 Å². The van der Waals surface area contributed by atoms with Crippen LogP contribution in [0.3, 0.4) is 0 Å². The quantitative estimate of drug-likeness (QED) is 0.592. The molecule has 0 spiro atoms. The summed E-state index contributed by atoms with van der Waals surface area (Å²) >= 11 is 3.21. The van der Waals surface area contributed by atoms with E-state index in [0.717, 1.165) is 22.8 Å². The predicted octanol–water partition coefficient (Wildman–Crippen LogP) is 4.41. The number of carbonyl (C=O) groups excluding carboxylic acids is 1. The van der Waals surface area contributed by atoms with Crippen molar-refractivity contribution in [3.8, 4) is 17.0 Å². The molecule has 2 amide bonds. The summed E-state index contributed by atoms with van der Waals surface area (Å²) in [4.78, 5) is 25.1. The van der Waals surface area contributed by atoms with Gasteiger partial charge in [-0.2, -0.15) is 0 Å². The number of amides is 2. The van der Waals surface area contributed by atoms with Gasteiger partial charge in [0.1, 0.15) is 23.7 Å². The third-order valence-electron chi connectivity index (χ3n) is 5.08. The van der Waals surface area contributed by atoms with Gasteiger partial charge in [0.25, 0.3) is 0 Å². The smallest absolute Gasteiger partial charge is 0.322 e. The number of nitrogens with zero attached hydrogens (tertiary/aromatic N) is 4. The van der Waals surface area contributed by atoms with Gasteiger partial charge in [-0.05, 0) is 30.3 Å². The molecule has 0 saturated carbocycles. The van der Waals surface area contributed by atoms with Gasteiger partial charge in [0, 0.05) is 42.3 Å². The molecule has 0 bridgehead atoms. The number of hydrogen-bond donors (Lipinski definition) is 1. The summed E-state index contributed by atoms with van der Waals surface area (Å²) in [5.74, 6) is 1.08. The molecule has 7 nitrogen and oxygen atoms in total. The maximum atomic E-state index is 14.0. The van der Waals surface area contributed by atoms with E-state index in [1.807, 2.05) is 30.3 Å². The van der Waals surface area contributed by atoms with E-state index >= 15 is 0 Å². The summed E-state index contributed by atoms with van der Waals surface area (Å²) in [5, 5.41) is 2.64. The largest absolute Gasteiger partial charge is 0.497 e. The van der Waals surface area contributed by atoms with Crippen LogP contribution in [-0.4, -0.2) is 54.2 Å². The topological polar surface area (TPSA) is 70.6 Å². The van der Waals surface area contributed by atoms with Gasteiger partial charge in [-0.1, -0.05) is 28.1 Å². The summed E-state index contributed by atoms with van der Waals surface area (Å²) in [6.45, 7) is 2.24. The van der Waals surface area contributed by atoms with Crippen molar-refractivity contribution in [3.05, 3.63) is 65.1 Å². The molecule has 1 saturated heterocycles. The molecule has 0 atom stereocenters. The zero-order valence-corrected chi connectivity index (χ0v) is 18.5. The summed E-state index contributed by atoms with van der Waals surface area (Å²) in [5.41, 5.74) is 1.90. The first kappa shape index (κ1) is 21.0. The predicted molar refractivity (Wildman–Crippen MR) is 121 cm³/mol. The molecule has 2 aromatic carbocycles. The number of benzene rings is 2. The van der Waals surface area contributed by atoms with Crippen molar-refractivity contribution in [3.63, 3.8) is 0 Å². The van der Waals surface area contributed by atoms with E-state index in [4.69, 9.17) is 4.74 Å². The lowest BCUT2D eigenvalue weighted by atomic mass is 10.1. The third-order valence-corrected chi connectivity index (χ3v) is 5.58. The van der Waals surface area contributed by atoms with Gasteiger partial charge < -0.3 is 19.9 Å². The summed E-state index contributed by atoms with van der Waals surface area (Å²) in [7, 11) is 1.63. The monoisotopic (exact) mass is 485 g/mol. The standard InChI is InChI=1S/C22H21BrFN5O2/c1-31-17-4-2-3-15(11-17)20-13-21(26-14-25-20)28-7-9-29(10-8-28)22(30)27-19-6-5-16(23)12-18(19)24/h2-6,11-14H,7-10H2,1H3,(H,27,30). The number of hydrogen-bond acceptors (Lipinski definition) is 5. The molecule has 1 N–H and O–H groups in total. The van der Waals surface area contributed by atoms with Crippen molar-refractivity contribution in [1.29, 1.82) is 0 Å². The number of piperazine rings is 1. The highest BCUT2D eigenvalue weighted by atomic mass is 79.9. The molecule has 9 heteroatoms. The number of halogens is 2. The number of carbonyl (C=O) groups is 1. The van der Waals surface area contributed by atoms with Crippen molar-refractivity contribution in [1.82, 2.24) is 14.9 Å². The number of aromatic nitrogens is 2. The second kappa shape index (κ2) is 9.30. The zero-order chi connectivity index (χ0) is 21.8. The maximum Gasteiger partial charge on any atom is 0.322 e. The van der Waals surface area contributed by atoms with Crippen molar-refractivity contribution in [2.24, 2.45) is 0 Å². The molecular formula is C22H21BrFN5O2. The summed E-state index contributed by atoms with van der Waals surface area (Å²) in [6, 6.07) is 13.9. The molecule has 1 fully saturated rings. The van der Waals surface area contributed by atoms with Gasteiger partial charge >= 0.3 is 6.03 Å². The van der Waals surface area contributed by atoms with Crippen molar-refractivity contribution >= 4 is 33.5 Å². The van der Waals surface area contributed by atoms with Crippen LogP contribution in [0.15, 0.2) is 59.3 Å². The lowest BCUT2D eigenvalue weighted by Gasteiger charge is -2.35. The Morgan fingerprint density at radius 2 is 1.90 bits per heavy atom. The molecule has 4 rings (SSSR count). The molecule has 160 valence electrons. The van der Waals surface area contributed by atoms with Crippen LogP contribution < -0.4 is 15.0 Å². The SMILES string of the molecule is COc1cccc(-c2cc(N3CCN(C(=O)Nc4ccc(Br)cc4F)CC3)ncn2)c1. The first-order valence-corrected chi connectivity index (χ1v) is 10.5. The zero-order valence-electron chi connectivity index (χ0n) is 16.9. The number of ether oxygens (including phenoxy) is 1. The number of anilines is 2. The van der Waals surface area contributed by atoms with E-state index in [9.17, 15) is 9.18 Å². The van der Waals surface area contributed by atoms with Crippen molar-refractivity contribution < 1.29 is 13.9 Å². The third kappa shape index (κ3) is 4.93. The van der Waals surface area contributed by atoms with E-state index in [1.54, 1.807) is 24.4 Å². The number of rotatable bonds is 4. The molecule has 0 unspecified atom stereocenters. The van der Waals surface area contributed by atoms with E-state index in [0.29, 0.717) is 30.7 Å². The fourth-order valence-electron chi connectivity index (χ4n) is 3.38. The van der Waals surface area contributed by atoms with E-state index in [1.165, 1.54) is 12.1 Å². The Bertz CT molecular complexity index is 1090. The van der Waals surface area contributed by atoms with Crippen LogP contribution in [0.2, 0.25) is 0 Å². The fraction of sp³-hybridized carbons (Fsp3) is 0.227. The number of urea groups is 1. The normalized spacial score (nSPS) is 13.8. The Morgan fingerprint density at radius 3 is 2.65 bits per heavy atom. The van der Waals surface area contributed by atoms with Gasteiger partial charge in [-0.3, -0.25) is 0 Å². The van der Waals surface area contributed by atoms with Crippen LogP contribution >= 0.6 is 15.9 Å². The first-order valence-electron chi connectivity index (χ1n) is 9.76. The van der Waals surface area contributed by atoms with Crippen LogP contribution in [-0.2, 0) is 0 Å². The molecule has 3 aromatic rings. The van der Waals surface area contributed by atoms with Gasteiger partial charge in [-0.25, -0.2) is 19.2 Å². The molecular weight excluding hydrogens is 465 g/mol. The van der Waals surface area contributed by atoms with E-state index in [2.05, 4.69) is 36.1 Å². The molecule has 2 heterocycles. The maximum absolute atomic E-state index is 14.0. The minimum Gasteiger partial charge on any atom is -0.497 e. The van der Waals surface area contributed by atoms with Gasteiger partial charge in [0.2, 0.25) is 0 Å². The van der Waals surface area contributed by atoms with Gasteiger partial charge in [-0.15, -0.1) is 0 Å². The van der Waals surface area contributed by atoms with Crippen molar-refractivity contribution in [2.45, 2.75) is 0 Å². The Hall–Kier alpha value is -3.20.